The van der Waals surface area contributed by atoms with E-state index in [1.165, 1.54) is 9.47 Å². The summed E-state index contributed by atoms with van der Waals surface area (Å²) in [4.78, 5) is 29.3. The van der Waals surface area contributed by atoms with Gasteiger partial charge >= 0.3 is 12.1 Å². The van der Waals surface area contributed by atoms with E-state index in [9.17, 15) is 23.5 Å². The van der Waals surface area contributed by atoms with Gasteiger partial charge in [-0.05, 0) is 22.3 Å². The Hall–Kier alpha value is -3.75. The van der Waals surface area contributed by atoms with E-state index in [1.807, 2.05) is 48.5 Å². The third-order valence-electron chi connectivity index (χ3n) is 6.00. The number of carboxylic acids is 1. The van der Waals surface area contributed by atoms with Gasteiger partial charge in [0.05, 0.1) is 6.54 Å². The van der Waals surface area contributed by atoms with E-state index in [1.54, 1.807) is 0 Å². The van der Waals surface area contributed by atoms with Crippen LogP contribution in [0.5, 0.6) is 0 Å². The smallest absolute Gasteiger partial charge is 0.410 e. The minimum absolute atomic E-state index is 0.0564. The molecule has 1 aliphatic carbocycles. The highest BCUT2D eigenvalue weighted by atomic mass is 19.3. The molecule has 0 spiro atoms. The predicted octanol–water partition coefficient (Wildman–Crippen LogP) is 4.28. The fraction of sp³-hybridized carbons (Fsp3) is 0.261. The van der Waals surface area contributed by atoms with Gasteiger partial charge in [-0.25, -0.2) is 23.4 Å². The zero-order valence-electron chi connectivity index (χ0n) is 16.9. The molecule has 0 fully saturated rings. The Morgan fingerprint density at radius 3 is 2.28 bits per heavy atom. The molecule has 0 unspecified atom stereocenters. The number of fused-ring (bicyclic) bond motifs is 4. The number of benzene rings is 2. The summed E-state index contributed by atoms with van der Waals surface area (Å²) >= 11 is 0. The number of amides is 1. The Bertz CT molecular complexity index is 1180. The Morgan fingerprint density at radius 1 is 1.06 bits per heavy atom. The van der Waals surface area contributed by atoms with E-state index in [0.29, 0.717) is 0 Å². The monoisotopic (exact) mass is 439 g/mol. The summed E-state index contributed by atoms with van der Waals surface area (Å²) in [5.74, 6) is -1.45. The van der Waals surface area contributed by atoms with E-state index in [-0.39, 0.29) is 38.0 Å². The van der Waals surface area contributed by atoms with Crippen LogP contribution in [0.25, 0.3) is 11.1 Å². The van der Waals surface area contributed by atoms with E-state index in [4.69, 9.17) is 4.74 Å². The maximum Gasteiger partial charge on any atom is 0.410 e. The van der Waals surface area contributed by atoms with Crippen LogP contribution in [0.4, 0.5) is 13.6 Å². The van der Waals surface area contributed by atoms with Gasteiger partial charge in [-0.15, -0.1) is 0 Å². The molecule has 3 aromatic rings. The van der Waals surface area contributed by atoms with Crippen LogP contribution in [0, 0.1) is 0 Å². The van der Waals surface area contributed by atoms with E-state index in [2.05, 4.69) is 4.98 Å². The average Bonchev–Trinajstić information content (AvgIpc) is 3.33. The van der Waals surface area contributed by atoms with Crippen molar-refractivity contribution in [3.63, 3.8) is 0 Å². The van der Waals surface area contributed by atoms with Gasteiger partial charge in [0.15, 0.2) is 5.69 Å². The lowest BCUT2D eigenvalue weighted by Gasteiger charge is -2.28. The second-order valence-corrected chi connectivity index (χ2v) is 7.74. The summed E-state index contributed by atoms with van der Waals surface area (Å²) in [5.41, 5.74) is 3.10. The molecule has 5 rings (SSSR count). The third-order valence-corrected chi connectivity index (χ3v) is 6.00. The first kappa shape index (κ1) is 20.2. The SMILES string of the molecule is O=C(O)c1c(C(F)F)nc2n1CCN(C(=O)OCC1c3ccccc3-c3ccccc31)C2. The number of imidazole rings is 1. The van der Waals surface area contributed by atoms with Gasteiger partial charge in [0.1, 0.15) is 18.1 Å². The van der Waals surface area contributed by atoms with E-state index in [0.717, 1.165) is 22.3 Å². The fourth-order valence-corrected chi connectivity index (χ4v) is 4.57. The molecule has 32 heavy (non-hydrogen) atoms. The molecule has 0 saturated carbocycles. The molecule has 1 aromatic heterocycles. The fourth-order valence-electron chi connectivity index (χ4n) is 4.57. The van der Waals surface area contributed by atoms with Crippen LogP contribution < -0.4 is 0 Å². The van der Waals surface area contributed by atoms with Gasteiger partial charge in [0, 0.05) is 19.0 Å². The number of ether oxygens (including phenoxy) is 1. The number of carbonyl (C=O) groups excluding carboxylic acids is 1. The van der Waals surface area contributed by atoms with Crippen molar-refractivity contribution in [1.82, 2.24) is 14.5 Å². The number of alkyl halides is 2. The number of aromatic nitrogens is 2. The number of aromatic carboxylic acids is 1. The number of rotatable bonds is 4. The first-order valence-electron chi connectivity index (χ1n) is 10.2. The number of carbonyl (C=O) groups is 2. The van der Waals surface area contributed by atoms with Gasteiger partial charge in [-0.1, -0.05) is 48.5 Å². The zero-order chi connectivity index (χ0) is 22.4. The van der Waals surface area contributed by atoms with Crippen LogP contribution in [0.2, 0.25) is 0 Å². The molecule has 0 bridgehead atoms. The van der Waals surface area contributed by atoms with Crippen LogP contribution >= 0.6 is 0 Å². The molecule has 7 nitrogen and oxygen atoms in total. The van der Waals surface area contributed by atoms with Crippen molar-refractivity contribution in [2.75, 3.05) is 13.2 Å². The number of hydrogen-bond donors (Lipinski definition) is 1. The van der Waals surface area contributed by atoms with Crippen LogP contribution in [-0.2, 0) is 17.8 Å². The number of nitrogens with zero attached hydrogens (tertiary/aromatic N) is 3. The van der Waals surface area contributed by atoms with Crippen molar-refractivity contribution in [2.45, 2.75) is 25.4 Å². The minimum atomic E-state index is -3.01. The van der Waals surface area contributed by atoms with Crippen LogP contribution in [0.1, 0.15) is 45.5 Å². The Kier molecular flexibility index (Phi) is 4.88. The van der Waals surface area contributed by atoms with Crippen molar-refractivity contribution < 1.29 is 28.2 Å². The van der Waals surface area contributed by atoms with E-state index < -0.39 is 29.9 Å². The summed E-state index contributed by atoms with van der Waals surface area (Å²) in [7, 11) is 0. The van der Waals surface area contributed by atoms with Gasteiger partial charge in [-0.3, -0.25) is 4.90 Å². The lowest BCUT2D eigenvalue weighted by atomic mass is 9.98. The predicted molar refractivity (Wildman–Crippen MR) is 110 cm³/mol. The summed E-state index contributed by atoms with van der Waals surface area (Å²) in [6.07, 6.45) is -3.60. The standard InChI is InChI=1S/C23H19F2N3O4/c24-21(25)19-20(22(29)30)28-10-9-27(11-18(28)26-19)23(31)32-12-17-15-7-3-1-5-13(15)14-6-2-4-8-16(14)17/h1-8,17,21H,9-12H2,(H,29,30). The maximum atomic E-state index is 13.2. The molecule has 0 radical (unpaired) electrons. The second kappa shape index (κ2) is 7.74. The molecule has 1 aliphatic heterocycles. The Balaban J connectivity index is 1.32. The second-order valence-electron chi connectivity index (χ2n) is 7.74. The zero-order valence-corrected chi connectivity index (χ0v) is 16.9. The molecule has 1 N–H and O–H groups in total. The van der Waals surface area contributed by atoms with Gasteiger partial charge in [0.2, 0.25) is 0 Å². The van der Waals surface area contributed by atoms with Crippen LogP contribution in [0.3, 0.4) is 0 Å². The van der Waals surface area contributed by atoms with Crippen molar-refractivity contribution in [1.29, 1.82) is 0 Å². The van der Waals surface area contributed by atoms with Crippen molar-refractivity contribution >= 4 is 12.1 Å². The van der Waals surface area contributed by atoms with Crippen molar-refractivity contribution in [3.05, 3.63) is 76.9 Å². The molecular formula is C23H19F2N3O4. The highest BCUT2D eigenvalue weighted by Gasteiger charge is 2.34. The molecule has 0 saturated heterocycles. The minimum Gasteiger partial charge on any atom is -0.477 e. The summed E-state index contributed by atoms with van der Waals surface area (Å²) in [6, 6.07) is 16.0. The summed E-state index contributed by atoms with van der Waals surface area (Å²) < 4.78 is 33.3. The largest absolute Gasteiger partial charge is 0.477 e. The molecule has 164 valence electrons. The molecule has 2 aliphatic rings. The Morgan fingerprint density at radius 2 is 1.69 bits per heavy atom. The van der Waals surface area contributed by atoms with Crippen molar-refractivity contribution in [2.24, 2.45) is 0 Å². The molecule has 0 atom stereocenters. The topological polar surface area (TPSA) is 84.7 Å². The number of hydrogen-bond acceptors (Lipinski definition) is 4. The van der Waals surface area contributed by atoms with E-state index >= 15 is 0 Å². The highest BCUT2D eigenvalue weighted by Crippen LogP contribution is 2.44. The maximum absolute atomic E-state index is 13.2. The first-order valence-corrected chi connectivity index (χ1v) is 10.2. The lowest BCUT2D eigenvalue weighted by molar-refractivity contribution is 0.0665. The molecule has 2 aromatic carbocycles. The number of halogens is 2. The van der Waals surface area contributed by atoms with Gasteiger partial charge in [0.25, 0.3) is 6.43 Å². The number of carboxylic acid groups (broad SMARTS) is 1. The average molecular weight is 439 g/mol. The molecular weight excluding hydrogens is 420 g/mol. The summed E-state index contributed by atoms with van der Waals surface area (Å²) in [5, 5.41) is 9.30. The van der Waals surface area contributed by atoms with Gasteiger partial charge in [-0.2, -0.15) is 0 Å². The van der Waals surface area contributed by atoms with Crippen LogP contribution in [-0.4, -0.2) is 44.8 Å². The normalized spacial score (nSPS) is 14.8. The highest BCUT2D eigenvalue weighted by molar-refractivity contribution is 5.87. The summed E-state index contributed by atoms with van der Waals surface area (Å²) in [6.45, 7) is 0.244. The van der Waals surface area contributed by atoms with Gasteiger partial charge < -0.3 is 14.4 Å². The van der Waals surface area contributed by atoms with Crippen molar-refractivity contribution in [3.8, 4) is 11.1 Å². The molecule has 9 heteroatoms. The quantitative estimate of drug-likeness (QED) is 0.656. The molecule has 1 amide bonds. The Labute approximate surface area is 181 Å². The lowest BCUT2D eigenvalue weighted by Crippen LogP contribution is -2.39. The third kappa shape index (κ3) is 3.21. The van der Waals surface area contributed by atoms with Crippen LogP contribution in [0.15, 0.2) is 48.5 Å². The first-order chi connectivity index (χ1) is 15.5. The molecule has 2 heterocycles.